The van der Waals surface area contributed by atoms with Crippen LogP contribution >= 0.6 is 0 Å². The third-order valence-corrected chi connectivity index (χ3v) is 3.20. The molecule has 20 heavy (non-hydrogen) atoms. The number of esters is 1. The predicted octanol–water partition coefficient (Wildman–Crippen LogP) is 3.79. The summed E-state index contributed by atoms with van der Waals surface area (Å²) in [6.45, 7) is 2.67. The smallest absolute Gasteiger partial charge is 0.338 e. The van der Waals surface area contributed by atoms with E-state index in [2.05, 4.69) is 6.92 Å². The molecule has 2 N–H and O–H groups in total. The summed E-state index contributed by atoms with van der Waals surface area (Å²) < 4.78 is 10.3. The first-order valence-electron chi connectivity index (χ1n) is 7.29. The molecule has 0 fully saturated rings. The van der Waals surface area contributed by atoms with Gasteiger partial charge in [-0.05, 0) is 24.6 Å². The molecular formula is C16H25NO3. The lowest BCUT2D eigenvalue weighted by atomic mass is 10.1. The van der Waals surface area contributed by atoms with Crippen molar-refractivity contribution in [2.45, 2.75) is 45.4 Å². The summed E-state index contributed by atoms with van der Waals surface area (Å²) in [7, 11) is 1.54. The number of rotatable bonds is 9. The topological polar surface area (TPSA) is 61.5 Å². The average Bonchev–Trinajstić information content (AvgIpc) is 2.46. The van der Waals surface area contributed by atoms with E-state index >= 15 is 0 Å². The highest BCUT2D eigenvalue weighted by Crippen LogP contribution is 2.22. The number of methoxy groups -OCH3 is 1. The largest absolute Gasteiger partial charge is 0.495 e. The normalized spacial score (nSPS) is 10.3. The van der Waals surface area contributed by atoms with Gasteiger partial charge in [-0.1, -0.05) is 39.0 Å². The Balaban J connectivity index is 2.27. The number of hydrogen-bond donors (Lipinski definition) is 1. The van der Waals surface area contributed by atoms with Crippen molar-refractivity contribution in [1.29, 1.82) is 0 Å². The second-order valence-corrected chi connectivity index (χ2v) is 4.86. The van der Waals surface area contributed by atoms with Gasteiger partial charge < -0.3 is 15.2 Å². The van der Waals surface area contributed by atoms with E-state index in [1.54, 1.807) is 25.3 Å². The van der Waals surface area contributed by atoms with Crippen LogP contribution in [0.4, 0.5) is 5.69 Å². The Morgan fingerprint density at radius 1 is 1.15 bits per heavy atom. The summed E-state index contributed by atoms with van der Waals surface area (Å²) >= 11 is 0. The number of hydrogen-bond acceptors (Lipinski definition) is 4. The monoisotopic (exact) mass is 279 g/mol. The van der Waals surface area contributed by atoms with E-state index in [-0.39, 0.29) is 5.97 Å². The molecule has 112 valence electrons. The van der Waals surface area contributed by atoms with Gasteiger partial charge in [-0.25, -0.2) is 4.79 Å². The molecule has 0 saturated carbocycles. The Bertz CT molecular complexity index is 418. The SMILES string of the molecule is CCCCCCCCOC(=O)c1ccc(OC)c(N)c1. The third-order valence-electron chi connectivity index (χ3n) is 3.20. The zero-order valence-corrected chi connectivity index (χ0v) is 12.5. The minimum absolute atomic E-state index is 0.326. The quantitative estimate of drug-likeness (QED) is 0.424. The molecule has 4 nitrogen and oxygen atoms in total. The zero-order chi connectivity index (χ0) is 14.8. The fourth-order valence-electron chi connectivity index (χ4n) is 1.99. The summed E-state index contributed by atoms with van der Waals surface area (Å²) in [6.07, 6.45) is 7.03. The first-order chi connectivity index (χ1) is 9.69. The van der Waals surface area contributed by atoms with E-state index in [1.165, 1.54) is 25.7 Å². The van der Waals surface area contributed by atoms with Crippen molar-refractivity contribution >= 4 is 11.7 Å². The number of nitrogen functional groups attached to an aromatic ring is 1. The Morgan fingerprint density at radius 3 is 2.50 bits per heavy atom. The Labute approximate surface area is 121 Å². The van der Waals surface area contributed by atoms with E-state index in [0.29, 0.717) is 23.6 Å². The molecule has 1 aromatic rings. The lowest BCUT2D eigenvalue weighted by Gasteiger charge is -2.08. The van der Waals surface area contributed by atoms with E-state index in [1.807, 2.05) is 0 Å². The van der Waals surface area contributed by atoms with Crippen molar-refractivity contribution in [3.63, 3.8) is 0 Å². The summed E-state index contributed by atoms with van der Waals surface area (Å²) in [5.41, 5.74) is 6.67. The molecule has 0 spiro atoms. The van der Waals surface area contributed by atoms with Crippen LogP contribution in [-0.4, -0.2) is 19.7 Å². The zero-order valence-electron chi connectivity index (χ0n) is 12.5. The van der Waals surface area contributed by atoms with Gasteiger partial charge in [0.15, 0.2) is 0 Å². The molecule has 0 aliphatic heterocycles. The average molecular weight is 279 g/mol. The lowest BCUT2D eigenvalue weighted by molar-refractivity contribution is 0.0497. The fourth-order valence-corrected chi connectivity index (χ4v) is 1.99. The van der Waals surface area contributed by atoms with Gasteiger partial charge in [-0.2, -0.15) is 0 Å². The predicted molar refractivity (Wildman–Crippen MR) is 81.1 cm³/mol. The minimum atomic E-state index is -0.326. The van der Waals surface area contributed by atoms with Crippen molar-refractivity contribution in [1.82, 2.24) is 0 Å². The van der Waals surface area contributed by atoms with E-state index in [4.69, 9.17) is 15.2 Å². The highest BCUT2D eigenvalue weighted by Gasteiger charge is 2.09. The number of benzene rings is 1. The first-order valence-corrected chi connectivity index (χ1v) is 7.29. The van der Waals surface area contributed by atoms with Gasteiger partial charge in [0.25, 0.3) is 0 Å². The highest BCUT2D eigenvalue weighted by molar-refractivity contribution is 5.91. The molecule has 0 aromatic heterocycles. The van der Waals surface area contributed by atoms with Crippen LogP contribution in [0.5, 0.6) is 5.75 Å². The number of carbonyl (C=O) groups excluding carboxylic acids is 1. The maximum absolute atomic E-state index is 11.8. The summed E-state index contributed by atoms with van der Waals surface area (Å²) in [4.78, 5) is 11.8. The molecule has 0 amide bonds. The van der Waals surface area contributed by atoms with E-state index in [9.17, 15) is 4.79 Å². The molecule has 0 aliphatic rings. The van der Waals surface area contributed by atoms with Crippen LogP contribution in [0, 0.1) is 0 Å². The molecule has 0 atom stereocenters. The fraction of sp³-hybridized carbons (Fsp3) is 0.562. The maximum atomic E-state index is 11.8. The van der Waals surface area contributed by atoms with Gasteiger partial charge in [0, 0.05) is 0 Å². The number of ether oxygens (including phenoxy) is 2. The number of nitrogens with two attached hydrogens (primary N) is 1. The van der Waals surface area contributed by atoms with Gasteiger partial charge in [0.2, 0.25) is 0 Å². The number of unbranched alkanes of at least 4 members (excludes halogenated alkanes) is 5. The van der Waals surface area contributed by atoms with Crippen molar-refractivity contribution in [2.75, 3.05) is 19.5 Å². The van der Waals surface area contributed by atoms with Crippen LogP contribution < -0.4 is 10.5 Å². The highest BCUT2D eigenvalue weighted by atomic mass is 16.5. The Hall–Kier alpha value is -1.71. The summed E-state index contributed by atoms with van der Waals surface area (Å²) in [6, 6.07) is 4.93. The van der Waals surface area contributed by atoms with Crippen LogP contribution in [0.2, 0.25) is 0 Å². The number of anilines is 1. The van der Waals surface area contributed by atoms with Gasteiger partial charge in [0.1, 0.15) is 5.75 Å². The van der Waals surface area contributed by atoms with Crippen LogP contribution in [0.3, 0.4) is 0 Å². The molecule has 0 aliphatic carbocycles. The Kier molecular flexibility index (Phi) is 7.55. The van der Waals surface area contributed by atoms with Crippen LogP contribution in [0.15, 0.2) is 18.2 Å². The van der Waals surface area contributed by atoms with Gasteiger partial charge in [-0.15, -0.1) is 0 Å². The van der Waals surface area contributed by atoms with Gasteiger partial charge >= 0.3 is 5.97 Å². The molecule has 0 heterocycles. The van der Waals surface area contributed by atoms with E-state index in [0.717, 1.165) is 12.8 Å². The van der Waals surface area contributed by atoms with Crippen molar-refractivity contribution in [3.8, 4) is 5.75 Å². The minimum Gasteiger partial charge on any atom is -0.495 e. The van der Waals surface area contributed by atoms with Crippen molar-refractivity contribution < 1.29 is 14.3 Å². The first kappa shape index (κ1) is 16.3. The molecule has 0 unspecified atom stereocenters. The lowest BCUT2D eigenvalue weighted by Crippen LogP contribution is -2.07. The van der Waals surface area contributed by atoms with Crippen LogP contribution in [-0.2, 0) is 4.74 Å². The second kappa shape index (κ2) is 9.23. The van der Waals surface area contributed by atoms with Gasteiger partial charge in [-0.3, -0.25) is 0 Å². The van der Waals surface area contributed by atoms with Crippen LogP contribution in [0.1, 0.15) is 55.8 Å². The molecule has 4 heteroatoms. The van der Waals surface area contributed by atoms with Crippen molar-refractivity contribution in [3.05, 3.63) is 23.8 Å². The molecular weight excluding hydrogens is 254 g/mol. The van der Waals surface area contributed by atoms with Crippen molar-refractivity contribution in [2.24, 2.45) is 0 Å². The summed E-state index contributed by atoms with van der Waals surface area (Å²) in [5.74, 6) is 0.241. The molecule has 1 rings (SSSR count). The summed E-state index contributed by atoms with van der Waals surface area (Å²) in [5, 5.41) is 0. The number of carbonyl (C=O) groups is 1. The van der Waals surface area contributed by atoms with Crippen LogP contribution in [0.25, 0.3) is 0 Å². The van der Waals surface area contributed by atoms with Gasteiger partial charge in [0.05, 0.1) is 25.0 Å². The van der Waals surface area contributed by atoms with E-state index < -0.39 is 0 Å². The molecule has 0 bridgehead atoms. The maximum Gasteiger partial charge on any atom is 0.338 e. The molecule has 1 aromatic carbocycles. The molecule has 0 saturated heterocycles. The third kappa shape index (κ3) is 5.51. The standard InChI is InChI=1S/C16H25NO3/c1-3-4-5-6-7-8-11-20-16(18)13-9-10-15(19-2)14(17)12-13/h9-10,12H,3-8,11,17H2,1-2H3. The Morgan fingerprint density at radius 2 is 1.85 bits per heavy atom. The second-order valence-electron chi connectivity index (χ2n) is 4.86. The molecule has 0 radical (unpaired) electrons.